The number of likely N-dealkylation sites (tertiary alicyclic amines) is 1. The molecule has 1 heterocycles. The standard InChI is InChI=1S/C22H27NO2/c1-15-9-10-23(13-16-3-4-16)14-21(15)22(24)19-6-5-18-12-20(25-2)8-7-17(18)11-19/h5-8,11-12,15-16,21H,3-4,9-10,13-14H2,1-2H3/t15?,21-/m1/s1. The molecule has 0 radical (unpaired) electrons. The summed E-state index contributed by atoms with van der Waals surface area (Å²) < 4.78 is 5.29. The second kappa shape index (κ2) is 6.80. The van der Waals surface area contributed by atoms with E-state index >= 15 is 0 Å². The molecule has 132 valence electrons. The Bertz CT molecular complexity index is 781. The van der Waals surface area contributed by atoms with E-state index in [9.17, 15) is 4.79 Å². The van der Waals surface area contributed by atoms with Crippen molar-refractivity contribution in [2.45, 2.75) is 26.2 Å². The summed E-state index contributed by atoms with van der Waals surface area (Å²) in [5.41, 5.74) is 0.850. The van der Waals surface area contributed by atoms with Crippen molar-refractivity contribution >= 4 is 16.6 Å². The summed E-state index contributed by atoms with van der Waals surface area (Å²) in [7, 11) is 1.68. The Morgan fingerprint density at radius 3 is 2.64 bits per heavy atom. The van der Waals surface area contributed by atoms with Crippen LogP contribution in [0.2, 0.25) is 0 Å². The molecule has 25 heavy (non-hydrogen) atoms. The van der Waals surface area contributed by atoms with Crippen molar-refractivity contribution < 1.29 is 9.53 Å². The lowest BCUT2D eigenvalue weighted by Gasteiger charge is -2.36. The fourth-order valence-corrected chi connectivity index (χ4v) is 4.03. The average molecular weight is 337 g/mol. The van der Waals surface area contributed by atoms with Gasteiger partial charge in [-0.25, -0.2) is 0 Å². The highest BCUT2D eigenvalue weighted by atomic mass is 16.5. The van der Waals surface area contributed by atoms with E-state index in [2.05, 4.69) is 11.8 Å². The summed E-state index contributed by atoms with van der Waals surface area (Å²) in [6.45, 7) is 5.51. The van der Waals surface area contributed by atoms with Gasteiger partial charge in [-0.3, -0.25) is 4.79 Å². The van der Waals surface area contributed by atoms with Crippen LogP contribution in [0, 0.1) is 17.8 Å². The lowest BCUT2D eigenvalue weighted by atomic mass is 9.81. The first-order chi connectivity index (χ1) is 12.1. The predicted octanol–water partition coefficient (Wildman–Crippen LogP) is 4.40. The topological polar surface area (TPSA) is 29.5 Å². The SMILES string of the molecule is COc1ccc2cc(C(=O)[C@@H]3CN(CC4CC4)CCC3C)ccc2c1. The second-order valence-corrected chi connectivity index (χ2v) is 7.87. The van der Waals surface area contributed by atoms with Gasteiger partial charge < -0.3 is 9.64 Å². The summed E-state index contributed by atoms with van der Waals surface area (Å²) in [5.74, 6) is 2.64. The number of Topliss-reactive ketones (excluding diaryl/α,β-unsaturated/α-hetero) is 1. The molecule has 1 saturated carbocycles. The van der Waals surface area contributed by atoms with Crippen LogP contribution >= 0.6 is 0 Å². The molecule has 0 amide bonds. The van der Waals surface area contributed by atoms with Crippen molar-refractivity contribution in [3.05, 3.63) is 42.0 Å². The maximum Gasteiger partial charge on any atom is 0.167 e. The van der Waals surface area contributed by atoms with Crippen LogP contribution in [-0.4, -0.2) is 37.4 Å². The lowest BCUT2D eigenvalue weighted by molar-refractivity contribution is 0.0711. The largest absolute Gasteiger partial charge is 0.497 e. The van der Waals surface area contributed by atoms with Gasteiger partial charge in [-0.1, -0.05) is 25.1 Å². The zero-order valence-electron chi connectivity index (χ0n) is 15.2. The van der Waals surface area contributed by atoms with E-state index in [1.54, 1.807) is 7.11 Å². The van der Waals surface area contributed by atoms with Gasteiger partial charge in [0.2, 0.25) is 0 Å². The van der Waals surface area contributed by atoms with Gasteiger partial charge in [-0.15, -0.1) is 0 Å². The highest BCUT2D eigenvalue weighted by Gasteiger charge is 2.34. The highest BCUT2D eigenvalue weighted by molar-refractivity contribution is 6.01. The molecule has 0 bridgehead atoms. The third-order valence-corrected chi connectivity index (χ3v) is 5.92. The van der Waals surface area contributed by atoms with Gasteiger partial charge in [-0.05, 0) is 66.6 Å². The molecule has 2 aromatic rings. The summed E-state index contributed by atoms with van der Waals surface area (Å²) in [6.07, 6.45) is 3.88. The summed E-state index contributed by atoms with van der Waals surface area (Å²) in [4.78, 5) is 15.7. The zero-order valence-corrected chi connectivity index (χ0v) is 15.2. The Kier molecular flexibility index (Phi) is 4.51. The first-order valence-electron chi connectivity index (χ1n) is 9.48. The van der Waals surface area contributed by atoms with Crippen molar-refractivity contribution in [2.75, 3.05) is 26.7 Å². The monoisotopic (exact) mass is 337 g/mol. The fraction of sp³-hybridized carbons (Fsp3) is 0.500. The third-order valence-electron chi connectivity index (χ3n) is 5.92. The number of piperidine rings is 1. The molecule has 3 heteroatoms. The molecular formula is C22H27NO2. The Morgan fingerprint density at radius 2 is 1.88 bits per heavy atom. The second-order valence-electron chi connectivity index (χ2n) is 7.87. The molecule has 2 atom stereocenters. The van der Waals surface area contributed by atoms with Crippen LogP contribution in [-0.2, 0) is 0 Å². The number of carbonyl (C=O) groups excluding carboxylic acids is 1. The summed E-state index contributed by atoms with van der Waals surface area (Å²) >= 11 is 0. The maximum atomic E-state index is 13.2. The van der Waals surface area contributed by atoms with Gasteiger partial charge >= 0.3 is 0 Å². The molecule has 2 fully saturated rings. The van der Waals surface area contributed by atoms with E-state index in [-0.39, 0.29) is 5.92 Å². The molecule has 2 aromatic carbocycles. The van der Waals surface area contributed by atoms with E-state index < -0.39 is 0 Å². The predicted molar refractivity (Wildman–Crippen MR) is 101 cm³/mol. The van der Waals surface area contributed by atoms with Crippen LogP contribution in [0.1, 0.15) is 36.5 Å². The van der Waals surface area contributed by atoms with Gasteiger partial charge in [0.1, 0.15) is 5.75 Å². The third kappa shape index (κ3) is 3.57. The Labute approximate surface area is 150 Å². The number of hydrogen-bond donors (Lipinski definition) is 0. The number of benzene rings is 2. The number of ether oxygens (including phenoxy) is 1. The maximum absolute atomic E-state index is 13.2. The van der Waals surface area contributed by atoms with Crippen molar-refractivity contribution in [1.82, 2.24) is 4.90 Å². The van der Waals surface area contributed by atoms with Crippen LogP contribution in [0.4, 0.5) is 0 Å². The fourth-order valence-electron chi connectivity index (χ4n) is 4.03. The molecule has 0 spiro atoms. The van der Waals surface area contributed by atoms with E-state index in [1.165, 1.54) is 19.4 Å². The van der Waals surface area contributed by atoms with E-state index in [4.69, 9.17) is 4.74 Å². The van der Waals surface area contributed by atoms with Crippen LogP contribution in [0.25, 0.3) is 10.8 Å². The zero-order chi connectivity index (χ0) is 17.4. The van der Waals surface area contributed by atoms with Crippen LogP contribution in [0.3, 0.4) is 0 Å². The van der Waals surface area contributed by atoms with Gasteiger partial charge in [0.25, 0.3) is 0 Å². The number of methoxy groups -OCH3 is 1. The molecule has 3 nitrogen and oxygen atoms in total. The molecule has 1 aliphatic heterocycles. The van der Waals surface area contributed by atoms with E-state index in [0.717, 1.165) is 47.5 Å². The Morgan fingerprint density at radius 1 is 1.12 bits per heavy atom. The molecule has 0 aromatic heterocycles. The van der Waals surface area contributed by atoms with Crippen molar-refractivity contribution in [3.63, 3.8) is 0 Å². The molecule has 2 aliphatic rings. The minimum absolute atomic E-state index is 0.128. The number of rotatable bonds is 5. The first kappa shape index (κ1) is 16.6. The van der Waals surface area contributed by atoms with Gasteiger partial charge in [0.15, 0.2) is 5.78 Å². The molecule has 0 N–H and O–H groups in total. The smallest absolute Gasteiger partial charge is 0.167 e. The van der Waals surface area contributed by atoms with Crippen LogP contribution in [0.5, 0.6) is 5.75 Å². The van der Waals surface area contributed by atoms with Gasteiger partial charge in [0, 0.05) is 24.6 Å². The summed E-state index contributed by atoms with van der Waals surface area (Å²) in [6, 6.07) is 12.1. The number of hydrogen-bond acceptors (Lipinski definition) is 3. The summed E-state index contributed by atoms with van der Waals surface area (Å²) in [5, 5.41) is 2.22. The molecular weight excluding hydrogens is 310 g/mol. The minimum Gasteiger partial charge on any atom is -0.497 e. The number of ketones is 1. The average Bonchev–Trinajstić information content (AvgIpc) is 3.46. The van der Waals surface area contributed by atoms with Gasteiger partial charge in [-0.2, -0.15) is 0 Å². The Hall–Kier alpha value is -1.87. The lowest BCUT2D eigenvalue weighted by Crippen LogP contribution is -2.43. The normalized spacial score (nSPS) is 24.4. The van der Waals surface area contributed by atoms with E-state index in [0.29, 0.717) is 11.7 Å². The molecule has 1 aliphatic carbocycles. The van der Waals surface area contributed by atoms with Crippen molar-refractivity contribution in [2.24, 2.45) is 17.8 Å². The quantitative estimate of drug-likeness (QED) is 0.758. The molecule has 1 saturated heterocycles. The molecule has 1 unspecified atom stereocenters. The minimum atomic E-state index is 0.128. The molecule has 4 rings (SSSR count). The number of nitrogens with zero attached hydrogens (tertiary/aromatic N) is 1. The highest BCUT2D eigenvalue weighted by Crippen LogP contribution is 2.33. The van der Waals surface area contributed by atoms with Gasteiger partial charge in [0.05, 0.1) is 7.11 Å². The van der Waals surface area contributed by atoms with Crippen LogP contribution in [0.15, 0.2) is 36.4 Å². The van der Waals surface area contributed by atoms with Crippen LogP contribution < -0.4 is 4.74 Å². The van der Waals surface area contributed by atoms with Crippen molar-refractivity contribution in [1.29, 1.82) is 0 Å². The van der Waals surface area contributed by atoms with E-state index in [1.807, 2.05) is 36.4 Å². The van der Waals surface area contributed by atoms with Crippen molar-refractivity contribution in [3.8, 4) is 5.75 Å². The first-order valence-corrected chi connectivity index (χ1v) is 9.48. The number of carbonyl (C=O) groups is 1. The Balaban J connectivity index is 1.54. The number of fused-ring (bicyclic) bond motifs is 1.